The van der Waals surface area contributed by atoms with Gasteiger partial charge in [-0.15, -0.1) is 0 Å². The fourth-order valence-corrected chi connectivity index (χ4v) is 2.50. The normalized spacial score (nSPS) is 11.2. The molecule has 0 N–H and O–H groups in total. The van der Waals surface area contributed by atoms with E-state index >= 15 is 0 Å². The van der Waals surface area contributed by atoms with Gasteiger partial charge in [0.25, 0.3) is 0 Å². The van der Waals surface area contributed by atoms with Crippen LogP contribution in [-0.4, -0.2) is 18.9 Å². The number of nitriles is 1. The van der Waals surface area contributed by atoms with Crippen LogP contribution in [0.5, 0.6) is 5.75 Å². The molecule has 0 spiro atoms. The molecule has 0 amide bonds. The molecular formula is C17H11F3N2O5S. The number of pyridine rings is 1. The molecule has 3 rings (SSSR count). The first-order chi connectivity index (χ1) is 13.1. The Morgan fingerprint density at radius 3 is 2.36 bits per heavy atom. The first kappa shape index (κ1) is 20.9. The molecule has 0 aliphatic heterocycles. The van der Waals surface area contributed by atoms with Gasteiger partial charge < -0.3 is 8.60 Å². The summed E-state index contributed by atoms with van der Waals surface area (Å²) in [6.07, 6.45) is 2.85. The summed E-state index contributed by atoms with van der Waals surface area (Å²) in [4.78, 5) is 16.0. The summed E-state index contributed by atoms with van der Waals surface area (Å²) in [5.41, 5.74) is -6.15. The molecule has 3 aromatic rings. The van der Waals surface area contributed by atoms with Crippen LogP contribution >= 0.6 is 0 Å². The molecule has 2 aromatic heterocycles. The van der Waals surface area contributed by atoms with Crippen molar-refractivity contribution in [2.45, 2.75) is 12.4 Å². The van der Waals surface area contributed by atoms with Gasteiger partial charge in [0.15, 0.2) is 16.8 Å². The Bertz CT molecular complexity index is 1180. The SMILES string of the molecule is CC#N.O=c1cc(-c2ccncc2)oc2c(OS(=O)(=O)C(F)(F)F)cccc12. The van der Waals surface area contributed by atoms with E-state index in [0.29, 0.717) is 5.56 Å². The van der Waals surface area contributed by atoms with Crippen LogP contribution in [0, 0.1) is 11.3 Å². The molecule has 0 fully saturated rings. The minimum Gasteiger partial charge on any atom is -0.452 e. The maximum atomic E-state index is 12.5. The second kappa shape index (κ2) is 8.10. The number of aromatic nitrogens is 1. The van der Waals surface area contributed by atoms with Crippen LogP contribution in [0.1, 0.15) is 6.92 Å². The quantitative estimate of drug-likeness (QED) is 0.477. The van der Waals surface area contributed by atoms with E-state index < -0.39 is 32.4 Å². The van der Waals surface area contributed by atoms with Crippen LogP contribution in [0.4, 0.5) is 13.2 Å². The maximum Gasteiger partial charge on any atom is 0.534 e. The van der Waals surface area contributed by atoms with Gasteiger partial charge in [-0.1, -0.05) is 6.07 Å². The first-order valence-corrected chi connectivity index (χ1v) is 8.80. The van der Waals surface area contributed by atoms with Gasteiger partial charge in [0.05, 0.1) is 11.5 Å². The highest BCUT2D eigenvalue weighted by atomic mass is 32.2. The van der Waals surface area contributed by atoms with Gasteiger partial charge in [-0.2, -0.15) is 26.9 Å². The largest absolute Gasteiger partial charge is 0.534 e. The standard InChI is InChI=1S/C15H8F3NO5S.C2H3N/c16-15(17,18)25(21,22)24-12-3-1-2-10-11(20)8-13(23-14(10)12)9-4-6-19-7-5-9;1-2-3/h1-8H;1H3. The highest BCUT2D eigenvalue weighted by molar-refractivity contribution is 7.88. The van der Waals surface area contributed by atoms with Gasteiger partial charge in [-0.25, -0.2) is 0 Å². The van der Waals surface area contributed by atoms with Crippen LogP contribution < -0.4 is 9.61 Å². The van der Waals surface area contributed by atoms with E-state index in [1.165, 1.54) is 43.6 Å². The average Bonchev–Trinajstić information content (AvgIpc) is 2.62. The molecule has 0 unspecified atom stereocenters. The molecule has 0 radical (unpaired) electrons. The highest BCUT2D eigenvalue weighted by Crippen LogP contribution is 2.32. The Hall–Kier alpha value is -3.39. The van der Waals surface area contributed by atoms with Crippen LogP contribution in [0.2, 0.25) is 0 Å². The lowest BCUT2D eigenvalue weighted by molar-refractivity contribution is -0.0499. The van der Waals surface area contributed by atoms with Crippen molar-refractivity contribution in [2.75, 3.05) is 0 Å². The van der Waals surface area contributed by atoms with Gasteiger partial charge in [0, 0.05) is 30.9 Å². The van der Waals surface area contributed by atoms with E-state index in [2.05, 4.69) is 9.17 Å². The van der Waals surface area contributed by atoms with Crippen LogP contribution in [0.25, 0.3) is 22.3 Å². The third-order valence-corrected chi connectivity index (χ3v) is 4.13. The van der Waals surface area contributed by atoms with Crippen molar-refractivity contribution in [1.82, 2.24) is 4.98 Å². The molecule has 0 atom stereocenters. The molecule has 0 aliphatic rings. The van der Waals surface area contributed by atoms with Gasteiger partial charge in [0.2, 0.25) is 0 Å². The summed E-state index contributed by atoms with van der Waals surface area (Å²) in [6.45, 7) is 1.43. The lowest BCUT2D eigenvalue weighted by Gasteiger charge is -2.11. The summed E-state index contributed by atoms with van der Waals surface area (Å²) in [5.74, 6) is -0.705. The van der Waals surface area contributed by atoms with Crippen molar-refractivity contribution < 1.29 is 30.2 Å². The number of halogens is 3. The molecule has 28 heavy (non-hydrogen) atoms. The van der Waals surface area contributed by atoms with Crippen LogP contribution in [0.3, 0.4) is 0 Å². The zero-order valence-electron chi connectivity index (χ0n) is 14.1. The molecular weight excluding hydrogens is 401 g/mol. The topological polar surface area (TPSA) is 110 Å². The fraction of sp³-hybridized carbons (Fsp3) is 0.118. The van der Waals surface area contributed by atoms with E-state index in [9.17, 15) is 26.4 Å². The Morgan fingerprint density at radius 2 is 1.79 bits per heavy atom. The van der Waals surface area contributed by atoms with E-state index in [4.69, 9.17) is 9.68 Å². The van der Waals surface area contributed by atoms with Crippen LogP contribution in [-0.2, 0) is 10.1 Å². The van der Waals surface area contributed by atoms with Gasteiger partial charge in [-0.05, 0) is 24.3 Å². The summed E-state index contributed by atoms with van der Waals surface area (Å²) in [6, 6.07) is 9.35. The van der Waals surface area contributed by atoms with Crippen molar-refractivity contribution in [3.8, 4) is 23.1 Å². The molecule has 0 aliphatic carbocycles. The first-order valence-electron chi connectivity index (χ1n) is 7.39. The average molecular weight is 412 g/mol. The van der Waals surface area contributed by atoms with E-state index in [1.807, 2.05) is 0 Å². The van der Waals surface area contributed by atoms with E-state index in [-0.39, 0.29) is 11.1 Å². The van der Waals surface area contributed by atoms with Crippen LogP contribution in [0.15, 0.2) is 58.0 Å². The number of hydrogen-bond acceptors (Lipinski definition) is 7. The third kappa shape index (κ3) is 4.47. The number of para-hydroxylation sites is 1. The lowest BCUT2D eigenvalue weighted by Crippen LogP contribution is -2.28. The fourth-order valence-electron chi connectivity index (χ4n) is 2.04. The number of rotatable bonds is 3. The smallest absolute Gasteiger partial charge is 0.452 e. The molecule has 7 nitrogen and oxygen atoms in total. The second-order valence-electron chi connectivity index (χ2n) is 5.05. The molecule has 2 heterocycles. The van der Waals surface area contributed by atoms with Gasteiger partial charge in [-0.3, -0.25) is 9.78 Å². The Morgan fingerprint density at radius 1 is 1.18 bits per heavy atom. The number of benzene rings is 1. The zero-order valence-corrected chi connectivity index (χ0v) is 14.9. The number of hydrogen-bond donors (Lipinski definition) is 0. The number of nitrogens with zero attached hydrogens (tertiary/aromatic N) is 2. The monoisotopic (exact) mass is 412 g/mol. The van der Waals surface area contributed by atoms with Crippen molar-refractivity contribution >= 4 is 21.1 Å². The van der Waals surface area contributed by atoms with Gasteiger partial charge >= 0.3 is 15.6 Å². The van der Waals surface area contributed by atoms with E-state index in [1.54, 1.807) is 6.07 Å². The summed E-state index contributed by atoms with van der Waals surface area (Å²) >= 11 is 0. The third-order valence-electron chi connectivity index (χ3n) is 3.17. The lowest BCUT2D eigenvalue weighted by atomic mass is 10.1. The molecule has 1 aromatic carbocycles. The number of alkyl halides is 3. The minimum atomic E-state index is -5.90. The predicted molar refractivity (Wildman–Crippen MR) is 92.6 cm³/mol. The summed E-state index contributed by atoms with van der Waals surface area (Å²) in [7, 11) is -5.90. The molecule has 146 valence electrons. The highest BCUT2D eigenvalue weighted by Gasteiger charge is 2.48. The Kier molecular flexibility index (Phi) is 6.05. The summed E-state index contributed by atoms with van der Waals surface area (Å²) in [5, 5.41) is 7.20. The zero-order chi connectivity index (χ0) is 20.9. The molecule has 0 saturated heterocycles. The predicted octanol–water partition coefficient (Wildman–Crippen LogP) is 3.61. The van der Waals surface area contributed by atoms with Crippen molar-refractivity contribution in [3.63, 3.8) is 0 Å². The van der Waals surface area contributed by atoms with Gasteiger partial charge in [0.1, 0.15) is 5.76 Å². The maximum absolute atomic E-state index is 12.5. The minimum absolute atomic E-state index is 0.0281. The van der Waals surface area contributed by atoms with Crippen molar-refractivity contribution in [1.29, 1.82) is 5.26 Å². The van der Waals surface area contributed by atoms with E-state index in [0.717, 1.165) is 12.1 Å². The Labute approximate surface area is 156 Å². The van der Waals surface area contributed by atoms with Crippen molar-refractivity contribution in [2.24, 2.45) is 0 Å². The Balaban J connectivity index is 0.000000878. The molecule has 0 bridgehead atoms. The summed E-state index contributed by atoms with van der Waals surface area (Å²) < 4.78 is 69.6. The number of fused-ring (bicyclic) bond motifs is 1. The van der Waals surface area contributed by atoms with Crippen molar-refractivity contribution in [3.05, 3.63) is 59.0 Å². The molecule has 0 saturated carbocycles. The second-order valence-corrected chi connectivity index (χ2v) is 6.59. The molecule has 11 heteroatoms.